The Morgan fingerprint density at radius 3 is 2.71 bits per heavy atom. The SMILES string of the molecule is CC(O)C(C)(C)NC(=O)C1CCCS1. The lowest BCUT2D eigenvalue weighted by Crippen LogP contribution is -2.53. The quantitative estimate of drug-likeness (QED) is 0.746. The zero-order valence-corrected chi connectivity index (χ0v) is 9.86. The molecule has 0 saturated carbocycles. The maximum absolute atomic E-state index is 11.7. The van der Waals surface area contributed by atoms with Crippen molar-refractivity contribution in [2.24, 2.45) is 0 Å². The molecule has 3 nitrogen and oxygen atoms in total. The van der Waals surface area contributed by atoms with Crippen molar-refractivity contribution in [2.45, 2.75) is 50.5 Å². The molecule has 0 aliphatic carbocycles. The van der Waals surface area contributed by atoms with Crippen molar-refractivity contribution in [3.63, 3.8) is 0 Å². The summed E-state index contributed by atoms with van der Waals surface area (Å²) < 4.78 is 0. The topological polar surface area (TPSA) is 49.3 Å². The van der Waals surface area contributed by atoms with E-state index in [1.807, 2.05) is 13.8 Å². The van der Waals surface area contributed by atoms with Crippen molar-refractivity contribution in [3.05, 3.63) is 0 Å². The standard InChI is InChI=1S/C10H19NO2S/c1-7(12)10(2,3)11-9(13)8-5-4-6-14-8/h7-8,12H,4-6H2,1-3H3,(H,11,13). The zero-order valence-electron chi connectivity index (χ0n) is 9.04. The van der Waals surface area contributed by atoms with E-state index in [0.717, 1.165) is 18.6 Å². The predicted octanol–water partition coefficient (Wildman–Crippen LogP) is 1.16. The van der Waals surface area contributed by atoms with E-state index >= 15 is 0 Å². The maximum atomic E-state index is 11.7. The molecule has 1 rings (SSSR count). The summed E-state index contributed by atoms with van der Waals surface area (Å²) in [5, 5.41) is 12.4. The van der Waals surface area contributed by atoms with Crippen LogP contribution in [0.5, 0.6) is 0 Å². The van der Waals surface area contributed by atoms with Gasteiger partial charge in [0.25, 0.3) is 0 Å². The number of nitrogens with one attached hydrogen (secondary N) is 1. The molecule has 0 radical (unpaired) electrons. The van der Waals surface area contributed by atoms with E-state index in [2.05, 4.69) is 5.32 Å². The lowest BCUT2D eigenvalue weighted by Gasteiger charge is -2.30. The molecule has 2 atom stereocenters. The second-order valence-electron chi connectivity index (χ2n) is 4.39. The van der Waals surface area contributed by atoms with E-state index in [1.54, 1.807) is 18.7 Å². The molecule has 1 aliphatic rings. The fourth-order valence-electron chi connectivity index (χ4n) is 1.29. The summed E-state index contributed by atoms with van der Waals surface area (Å²) >= 11 is 1.71. The molecule has 1 saturated heterocycles. The number of rotatable bonds is 3. The molecule has 1 amide bonds. The summed E-state index contributed by atoms with van der Waals surface area (Å²) in [6, 6.07) is 0. The smallest absolute Gasteiger partial charge is 0.233 e. The van der Waals surface area contributed by atoms with Crippen LogP contribution in [0.1, 0.15) is 33.6 Å². The summed E-state index contributed by atoms with van der Waals surface area (Å²) in [5.41, 5.74) is -0.528. The molecule has 1 heterocycles. The molecule has 1 fully saturated rings. The largest absolute Gasteiger partial charge is 0.391 e. The number of amides is 1. The van der Waals surface area contributed by atoms with Crippen LogP contribution in [0.3, 0.4) is 0 Å². The van der Waals surface area contributed by atoms with Crippen LogP contribution in [0, 0.1) is 0 Å². The average Bonchev–Trinajstić information content (AvgIpc) is 2.54. The number of carbonyl (C=O) groups excluding carboxylic acids is 1. The molecule has 14 heavy (non-hydrogen) atoms. The van der Waals surface area contributed by atoms with E-state index in [9.17, 15) is 9.90 Å². The van der Waals surface area contributed by atoms with Crippen LogP contribution in [-0.2, 0) is 4.79 Å². The molecule has 2 unspecified atom stereocenters. The molecule has 82 valence electrons. The summed E-state index contributed by atoms with van der Waals surface area (Å²) in [6.45, 7) is 5.38. The average molecular weight is 217 g/mol. The van der Waals surface area contributed by atoms with Gasteiger partial charge in [0.15, 0.2) is 0 Å². The maximum Gasteiger partial charge on any atom is 0.233 e. The lowest BCUT2D eigenvalue weighted by atomic mass is 9.98. The summed E-state index contributed by atoms with van der Waals surface area (Å²) in [4.78, 5) is 11.7. The summed E-state index contributed by atoms with van der Waals surface area (Å²) in [7, 11) is 0. The summed E-state index contributed by atoms with van der Waals surface area (Å²) in [5.74, 6) is 1.14. The number of hydrogen-bond acceptors (Lipinski definition) is 3. The van der Waals surface area contributed by atoms with Gasteiger partial charge in [-0.05, 0) is 39.4 Å². The Hall–Kier alpha value is -0.220. The first-order valence-corrected chi connectivity index (χ1v) is 6.10. The highest BCUT2D eigenvalue weighted by molar-refractivity contribution is 8.00. The molecule has 0 spiro atoms. The van der Waals surface area contributed by atoms with Gasteiger partial charge in [0.05, 0.1) is 16.9 Å². The Labute approximate surface area is 89.6 Å². The van der Waals surface area contributed by atoms with Gasteiger partial charge >= 0.3 is 0 Å². The Balaban J connectivity index is 2.46. The molecule has 0 aromatic carbocycles. The van der Waals surface area contributed by atoms with Crippen molar-refractivity contribution in [1.82, 2.24) is 5.32 Å². The molecule has 2 N–H and O–H groups in total. The molecule has 4 heteroatoms. The molecule has 1 aliphatic heterocycles. The second-order valence-corrected chi connectivity index (χ2v) is 5.70. The minimum atomic E-state index is -0.530. The van der Waals surface area contributed by atoms with Gasteiger partial charge in [-0.15, -0.1) is 11.8 Å². The van der Waals surface area contributed by atoms with Gasteiger partial charge in [-0.3, -0.25) is 4.79 Å². The van der Waals surface area contributed by atoms with Crippen LogP contribution >= 0.6 is 11.8 Å². The highest BCUT2D eigenvalue weighted by Crippen LogP contribution is 2.26. The number of aliphatic hydroxyl groups is 1. The molecule has 0 bridgehead atoms. The van der Waals surface area contributed by atoms with Gasteiger partial charge in [-0.25, -0.2) is 0 Å². The third-order valence-corrected chi connectivity index (χ3v) is 4.09. The van der Waals surface area contributed by atoms with Crippen molar-refractivity contribution in [2.75, 3.05) is 5.75 Å². The van der Waals surface area contributed by atoms with E-state index in [4.69, 9.17) is 0 Å². The fourth-order valence-corrected chi connectivity index (χ4v) is 2.45. The van der Waals surface area contributed by atoms with Crippen LogP contribution in [0.15, 0.2) is 0 Å². The Morgan fingerprint density at radius 1 is 1.64 bits per heavy atom. The summed E-state index contributed by atoms with van der Waals surface area (Å²) in [6.07, 6.45) is 1.56. The van der Waals surface area contributed by atoms with E-state index in [-0.39, 0.29) is 11.2 Å². The van der Waals surface area contributed by atoms with Crippen LogP contribution < -0.4 is 5.32 Å². The highest BCUT2D eigenvalue weighted by atomic mass is 32.2. The first-order valence-electron chi connectivity index (χ1n) is 5.05. The molecule has 0 aromatic heterocycles. The minimum absolute atomic E-state index is 0.0680. The van der Waals surface area contributed by atoms with Crippen LogP contribution in [0.25, 0.3) is 0 Å². The first-order chi connectivity index (χ1) is 6.43. The number of aliphatic hydroxyl groups excluding tert-OH is 1. The monoisotopic (exact) mass is 217 g/mol. The van der Waals surface area contributed by atoms with Gasteiger partial charge in [0.2, 0.25) is 5.91 Å². The first kappa shape index (κ1) is 11.9. The highest BCUT2D eigenvalue weighted by Gasteiger charge is 2.31. The zero-order chi connectivity index (χ0) is 10.8. The van der Waals surface area contributed by atoms with E-state index in [0.29, 0.717) is 0 Å². The molecule has 0 aromatic rings. The lowest BCUT2D eigenvalue weighted by molar-refractivity contribution is -0.123. The van der Waals surface area contributed by atoms with Crippen LogP contribution in [-0.4, -0.2) is 33.7 Å². The third-order valence-electron chi connectivity index (χ3n) is 2.71. The van der Waals surface area contributed by atoms with Gasteiger partial charge in [0, 0.05) is 0 Å². The number of hydrogen-bond donors (Lipinski definition) is 2. The van der Waals surface area contributed by atoms with Crippen molar-refractivity contribution < 1.29 is 9.90 Å². The number of carbonyl (C=O) groups is 1. The van der Waals surface area contributed by atoms with E-state index < -0.39 is 11.6 Å². The fraction of sp³-hybridized carbons (Fsp3) is 0.900. The minimum Gasteiger partial charge on any atom is -0.391 e. The van der Waals surface area contributed by atoms with Gasteiger partial charge in [-0.2, -0.15) is 0 Å². The van der Waals surface area contributed by atoms with Crippen molar-refractivity contribution in [1.29, 1.82) is 0 Å². The van der Waals surface area contributed by atoms with Crippen LogP contribution in [0.2, 0.25) is 0 Å². The van der Waals surface area contributed by atoms with Gasteiger partial charge in [0.1, 0.15) is 0 Å². The normalized spacial score (nSPS) is 24.7. The Bertz CT molecular complexity index is 210. The Morgan fingerprint density at radius 2 is 2.29 bits per heavy atom. The molecular weight excluding hydrogens is 198 g/mol. The third kappa shape index (κ3) is 2.89. The predicted molar refractivity (Wildman–Crippen MR) is 59.4 cm³/mol. The van der Waals surface area contributed by atoms with Gasteiger partial charge < -0.3 is 10.4 Å². The number of thioether (sulfide) groups is 1. The van der Waals surface area contributed by atoms with E-state index in [1.165, 1.54) is 0 Å². The molecular formula is C10H19NO2S. The second kappa shape index (κ2) is 4.53. The van der Waals surface area contributed by atoms with Crippen molar-refractivity contribution in [3.8, 4) is 0 Å². The Kier molecular flexibility index (Phi) is 3.84. The van der Waals surface area contributed by atoms with Crippen molar-refractivity contribution >= 4 is 17.7 Å². The van der Waals surface area contributed by atoms with Crippen LogP contribution in [0.4, 0.5) is 0 Å². The van der Waals surface area contributed by atoms with Gasteiger partial charge in [-0.1, -0.05) is 0 Å².